The van der Waals surface area contributed by atoms with Crippen molar-refractivity contribution >= 4 is 27.5 Å². The average molecular weight is 345 g/mol. The number of para-hydroxylation sites is 1. The zero-order valence-corrected chi connectivity index (χ0v) is 13.2. The lowest BCUT2D eigenvalue weighted by molar-refractivity contribution is -0.115. The third kappa shape index (κ3) is 3.52. The zero-order valence-electron chi connectivity index (χ0n) is 11.6. The fourth-order valence-corrected chi connectivity index (χ4v) is 3.08. The van der Waals surface area contributed by atoms with Crippen LogP contribution in [0, 0.1) is 0 Å². The largest absolute Gasteiger partial charge is 0.324 e. The van der Waals surface area contributed by atoms with Crippen molar-refractivity contribution in [1.29, 1.82) is 0 Å². The highest BCUT2D eigenvalue weighted by Crippen LogP contribution is 2.22. The summed E-state index contributed by atoms with van der Waals surface area (Å²) in [4.78, 5) is 12.0. The first kappa shape index (κ1) is 14.3. The summed E-state index contributed by atoms with van der Waals surface area (Å²) in [6.07, 6.45) is 2.00. The van der Waals surface area contributed by atoms with Crippen molar-refractivity contribution in [2.75, 3.05) is 11.9 Å². The number of hydrogen-bond acceptors (Lipinski definition) is 2. The smallest absolute Gasteiger partial charge is 0.238 e. The molecule has 0 aromatic heterocycles. The molecule has 1 aliphatic rings. The van der Waals surface area contributed by atoms with Crippen molar-refractivity contribution in [3.05, 3.63) is 64.1 Å². The molecule has 0 fully saturated rings. The van der Waals surface area contributed by atoms with Crippen LogP contribution >= 0.6 is 15.9 Å². The van der Waals surface area contributed by atoms with Gasteiger partial charge in [-0.3, -0.25) is 4.79 Å². The van der Waals surface area contributed by atoms with Gasteiger partial charge in [0.15, 0.2) is 0 Å². The molecule has 0 spiro atoms. The molecule has 4 heteroatoms. The maximum atomic E-state index is 12.0. The van der Waals surface area contributed by atoms with Crippen LogP contribution in [0.3, 0.4) is 0 Å². The lowest BCUT2D eigenvalue weighted by Gasteiger charge is -2.12. The lowest BCUT2D eigenvalue weighted by atomic mass is 10.1. The Morgan fingerprint density at radius 2 is 1.67 bits per heavy atom. The van der Waals surface area contributed by atoms with Crippen LogP contribution in [0.25, 0.3) is 0 Å². The predicted octanol–water partition coefficient (Wildman–Crippen LogP) is 3.14. The van der Waals surface area contributed by atoms with Gasteiger partial charge in [-0.15, -0.1) is 0 Å². The number of amides is 1. The van der Waals surface area contributed by atoms with Gasteiger partial charge in [0.1, 0.15) is 0 Å². The summed E-state index contributed by atoms with van der Waals surface area (Å²) in [5, 5.41) is 6.25. The summed E-state index contributed by atoms with van der Waals surface area (Å²) < 4.78 is 0.895. The van der Waals surface area contributed by atoms with Crippen molar-refractivity contribution in [3.8, 4) is 0 Å². The molecule has 0 heterocycles. The van der Waals surface area contributed by atoms with Gasteiger partial charge in [0.05, 0.1) is 12.2 Å². The minimum atomic E-state index is -0.0159. The van der Waals surface area contributed by atoms with E-state index in [9.17, 15) is 4.79 Å². The zero-order chi connectivity index (χ0) is 14.7. The molecule has 0 bridgehead atoms. The monoisotopic (exact) mass is 344 g/mol. The van der Waals surface area contributed by atoms with E-state index in [1.807, 2.05) is 24.3 Å². The number of anilines is 1. The summed E-state index contributed by atoms with van der Waals surface area (Å²) in [5.41, 5.74) is 3.58. The molecule has 1 aliphatic carbocycles. The molecule has 0 atom stereocenters. The molecule has 2 N–H and O–H groups in total. The Bertz CT molecular complexity index is 632. The highest BCUT2D eigenvalue weighted by atomic mass is 79.9. The van der Waals surface area contributed by atoms with Crippen LogP contribution < -0.4 is 10.6 Å². The molecular formula is C17H17BrN2O. The van der Waals surface area contributed by atoms with Crippen molar-refractivity contribution in [1.82, 2.24) is 5.32 Å². The Kier molecular flexibility index (Phi) is 4.36. The Labute approximate surface area is 132 Å². The Balaban J connectivity index is 1.50. The summed E-state index contributed by atoms with van der Waals surface area (Å²) in [7, 11) is 0. The quantitative estimate of drug-likeness (QED) is 0.894. The standard InChI is InChI=1S/C17H17BrN2O/c18-15-7-3-4-8-16(15)20-17(21)11-19-14-9-12-5-1-2-6-13(12)10-14/h1-8,14,19H,9-11H2,(H,20,21). The van der Waals surface area contributed by atoms with Crippen LogP contribution in [-0.4, -0.2) is 18.5 Å². The molecule has 3 rings (SSSR count). The maximum Gasteiger partial charge on any atom is 0.238 e. The van der Waals surface area contributed by atoms with E-state index in [0.717, 1.165) is 23.0 Å². The van der Waals surface area contributed by atoms with Gasteiger partial charge in [-0.2, -0.15) is 0 Å². The number of rotatable bonds is 4. The Morgan fingerprint density at radius 3 is 2.33 bits per heavy atom. The highest BCUT2D eigenvalue weighted by Gasteiger charge is 2.20. The second-order valence-electron chi connectivity index (χ2n) is 5.28. The van der Waals surface area contributed by atoms with Crippen molar-refractivity contribution < 1.29 is 4.79 Å². The first-order valence-electron chi connectivity index (χ1n) is 7.07. The summed E-state index contributed by atoms with van der Waals surface area (Å²) in [6.45, 7) is 0.333. The number of benzene rings is 2. The molecule has 0 unspecified atom stereocenters. The van der Waals surface area contributed by atoms with Gasteiger partial charge in [-0.1, -0.05) is 36.4 Å². The number of fused-ring (bicyclic) bond motifs is 1. The number of hydrogen-bond donors (Lipinski definition) is 2. The van der Waals surface area contributed by atoms with Crippen LogP contribution in [0.1, 0.15) is 11.1 Å². The predicted molar refractivity (Wildman–Crippen MR) is 88.4 cm³/mol. The minimum absolute atomic E-state index is 0.0159. The van der Waals surface area contributed by atoms with Gasteiger partial charge in [0.2, 0.25) is 5.91 Å². The van der Waals surface area contributed by atoms with E-state index in [-0.39, 0.29) is 5.91 Å². The molecule has 21 heavy (non-hydrogen) atoms. The van der Waals surface area contributed by atoms with E-state index < -0.39 is 0 Å². The molecule has 2 aromatic carbocycles. The van der Waals surface area contributed by atoms with E-state index in [1.54, 1.807) is 0 Å². The van der Waals surface area contributed by atoms with E-state index in [2.05, 4.69) is 50.8 Å². The van der Waals surface area contributed by atoms with E-state index in [0.29, 0.717) is 12.6 Å². The van der Waals surface area contributed by atoms with E-state index in [1.165, 1.54) is 11.1 Å². The van der Waals surface area contributed by atoms with Crippen LogP contribution in [0.15, 0.2) is 53.0 Å². The van der Waals surface area contributed by atoms with Gasteiger partial charge >= 0.3 is 0 Å². The third-order valence-corrected chi connectivity index (χ3v) is 4.44. The topological polar surface area (TPSA) is 41.1 Å². The molecule has 0 saturated heterocycles. The molecule has 0 aliphatic heterocycles. The van der Waals surface area contributed by atoms with Crippen molar-refractivity contribution in [3.63, 3.8) is 0 Å². The van der Waals surface area contributed by atoms with Crippen molar-refractivity contribution in [2.45, 2.75) is 18.9 Å². The first-order chi connectivity index (χ1) is 10.2. The second-order valence-corrected chi connectivity index (χ2v) is 6.14. The van der Waals surface area contributed by atoms with E-state index in [4.69, 9.17) is 0 Å². The molecule has 0 saturated carbocycles. The Hall–Kier alpha value is -1.65. The first-order valence-corrected chi connectivity index (χ1v) is 7.86. The molecule has 2 aromatic rings. The van der Waals surface area contributed by atoms with Gasteiger partial charge in [0.25, 0.3) is 0 Å². The van der Waals surface area contributed by atoms with Gasteiger partial charge in [-0.05, 0) is 52.0 Å². The second kappa shape index (κ2) is 6.41. The summed E-state index contributed by atoms with van der Waals surface area (Å²) >= 11 is 3.43. The molecule has 3 nitrogen and oxygen atoms in total. The average Bonchev–Trinajstić information content (AvgIpc) is 2.90. The highest BCUT2D eigenvalue weighted by molar-refractivity contribution is 9.10. The number of carbonyl (C=O) groups excluding carboxylic acids is 1. The van der Waals surface area contributed by atoms with E-state index >= 15 is 0 Å². The van der Waals surface area contributed by atoms with Crippen LogP contribution in [0.4, 0.5) is 5.69 Å². The van der Waals surface area contributed by atoms with Gasteiger partial charge in [0, 0.05) is 10.5 Å². The van der Waals surface area contributed by atoms with Gasteiger partial charge in [-0.25, -0.2) is 0 Å². The van der Waals surface area contributed by atoms with Crippen LogP contribution in [0.5, 0.6) is 0 Å². The fourth-order valence-electron chi connectivity index (χ4n) is 2.70. The van der Waals surface area contributed by atoms with Crippen molar-refractivity contribution in [2.24, 2.45) is 0 Å². The molecule has 108 valence electrons. The fraction of sp³-hybridized carbons (Fsp3) is 0.235. The normalized spacial score (nSPS) is 14.0. The minimum Gasteiger partial charge on any atom is -0.324 e. The lowest BCUT2D eigenvalue weighted by Crippen LogP contribution is -2.36. The Morgan fingerprint density at radius 1 is 1.05 bits per heavy atom. The number of halogens is 1. The number of nitrogens with one attached hydrogen (secondary N) is 2. The summed E-state index contributed by atoms with van der Waals surface area (Å²) in [6, 6.07) is 16.4. The third-order valence-electron chi connectivity index (χ3n) is 3.75. The maximum absolute atomic E-state index is 12.0. The SMILES string of the molecule is O=C(CNC1Cc2ccccc2C1)Nc1ccccc1Br. The summed E-state index contributed by atoms with van der Waals surface area (Å²) in [5.74, 6) is -0.0159. The number of carbonyl (C=O) groups is 1. The molecular weight excluding hydrogens is 328 g/mol. The van der Waals surface area contributed by atoms with Crippen LogP contribution in [0.2, 0.25) is 0 Å². The molecule has 0 radical (unpaired) electrons. The van der Waals surface area contributed by atoms with Gasteiger partial charge < -0.3 is 10.6 Å². The van der Waals surface area contributed by atoms with Crippen LogP contribution in [-0.2, 0) is 17.6 Å². The molecule has 1 amide bonds.